The average molecular weight is 332 g/mol. The van der Waals surface area contributed by atoms with E-state index in [-0.39, 0.29) is 0 Å². The second kappa shape index (κ2) is 6.97. The normalized spacial score (nSPS) is 10.8. The van der Waals surface area contributed by atoms with Crippen LogP contribution in [0.15, 0.2) is 54.7 Å². The van der Waals surface area contributed by atoms with E-state index in [0.717, 1.165) is 22.6 Å². The molecule has 0 atom stereocenters. The fraction of sp³-hybridized carbons (Fsp3) is 0.118. The molecule has 2 aromatic carbocycles. The SMILES string of the molecule is Clc1ccc(CNCc2nc(-c3ccccc3)c[nH]2)cc1Cl. The summed E-state index contributed by atoms with van der Waals surface area (Å²) in [7, 11) is 0. The molecule has 0 bridgehead atoms. The zero-order chi connectivity index (χ0) is 15.4. The lowest BCUT2D eigenvalue weighted by Gasteiger charge is -2.04. The Morgan fingerprint density at radius 2 is 1.77 bits per heavy atom. The van der Waals surface area contributed by atoms with Gasteiger partial charge in [0.15, 0.2) is 0 Å². The molecule has 0 aliphatic heterocycles. The summed E-state index contributed by atoms with van der Waals surface area (Å²) < 4.78 is 0. The molecule has 0 saturated heterocycles. The highest BCUT2D eigenvalue weighted by Gasteiger charge is 2.04. The van der Waals surface area contributed by atoms with Gasteiger partial charge >= 0.3 is 0 Å². The van der Waals surface area contributed by atoms with Crippen molar-refractivity contribution < 1.29 is 0 Å². The minimum absolute atomic E-state index is 0.573. The summed E-state index contributed by atoms with van der Waals surface area (Å²) in [6.45, 7) is 1.37. The predicted molar refractivity (Wildman–Crippen MR) is 91.0 cm³/mol. The number of aromatic nitrogens is 2. The number of hydrogen-bond acceptors (Lipinski definition) is 2. The Kier molecular flexibility index (Phi) is 4.78. The van der Waals surface area contributed by atoms with E-state index in [2.05, 4.69) is 15.3 Å². The first-order valence-electron chi connectivity index (χ1n) is 6.97. The third-order valence-corrected chi connectivity index (χ3v) is 4.05. The topological polar surface area (TPSA) is 40.7 Å². The molecule has 1 heterocycles. The molecule has 0 fully saturated rings. The molecule has 2 N–H and O–H groups in total. The van der Waals surface area contributed by atoms with Gasteiger partial charge in [0, 0.05) is 18.3 Å². The Balaban J connectivity index is 1.58. The number of halogens is 2. The molecule has 5 heteroatoms. The number of imidazole rings is 1. The highest BCUT2D eigenvalue weighted by molar-refractivity contribution is 6.42. The Bertz CT molecular complexity index is 754. The maximum Gasteiger partial charge on any atom is 0.120 e. The monoisotopic (exact) mass is 331 g/mol. The van der Waals surface area contributed by atoms with Crippen LogP contribution in [-0.2, 0) is 13.1 Å². The summed E-state index contributed by atoms with van der Waals surface area (Å²) in [4.78, 5) is 7.77. The second-order valence-electron chi connectivity index (χ2n) is 4.95. The van der Waals surface area contributed by atoms with E-state index in [9.17, 15) is 0 Å². The van der Waals surface area contributed by atoms with Crippen LogP contribution in [0.2, 0.25) is 10.0 Å². The van der Waals surface area contributed by atoms with Gasteiger partial charge in [-0.15, -0.1) is 0 Å². The second-order valence-corrected chi connectivity index (χ2v) is 5.76. The zero-order valence-electron chi connectivity index (χ0n) is 11.8. The fourth-order valence-electron chi connectivity index (χ4n) is 2.18. The van der Waals surface area contributed by atoms with E-state index in [1.165, 1.54) is 0 Å². The van der Waals surface area contributed by atoms with Crippen molar-refractivity contribution in [3.8, 4) is 11.3 Å². The van der Waals surface area contributed by atoms with Crippen molar-refractivity contribution in [3.63, 3.8) is 0 Å². The van der Waals surface area contributed by atoms with Crippen LogP contribution in [0.5, 0.6) is 0 Å². The molecule has 0 radical (unpaired) electrons. The molecule has 0 spiro atoms. The summed E-state index contributed by atoms with van der Waals surface area (Å²) in [6, 6.07) is 15.7. The molecular weight excluding hydrogens is 317 g/mol. The highest BCUT2D eigenvalue weighted by Crippen LogP contribution is 2.22. The average Bonchev–Trinajstić information content (AvgIpc) is 3.01. The van der Waals surface area contributed by atoms with Gasteiger partial charge in [0.05, 0.1) is 22.3 Å². The van der Waals surface area contributed by atoms with Gasteiger partial charge in [-0.2, -0.15) is 0 Å². The number of nitrogens with zero attached hydrogens (tertiary/aromatic N) is 1. The van der Waals surface area contributed by atoms with Crippen molar-refractivity contribution in [1.29, 1.82) is 0 Å². The minimum Gasteiger partial charge on any atom is -0.347 e. The molecule has 0 saturated carbocycles. The van der Waals surface area contributed by atoms with Crippen molar-refractivity contribution >= 4 is 23.2 Å². The summed E-state index contributed by atoms with van der Waals surface area (Å²) in [5.41, 5.74) is 3.14. The van der Waals surface area contributed by atoms with E-state index in [0.29, 0.717) is 23.1 Å². The maximum atomic E-state index is 6.00. The first-order chi connectivity index (χ1) is 10.7. The maximum absolute atomic E-state index is 6.00. The van der Waals surface area contributed by atoms with Gasteiger partial charge < -0.3 is 10.3 Å². The molecule has 3 nitrogen and oxygen atoms in total. The van der Waals surface area contributed by atoms with Crippen LogP contribution in [0.3, 0.4) is 0 Å². The third-order valence-electron chi connectivity index (χ3n) is 3.31. The summed E-state index contributed by atoms with van der Waals surface area (Å²) in [5, 5.41) is 4.48. The van der Waals surface area contributed by atoms with Gasteiger partial charge in [-0.3, -0.25) is 0 Å². The van der Waals surface area contributed by atoms with E-state index >= 15 is 0 Å². The van der Waals surface area contributed by atoms with E-state index in [1.807, 2.05) is 48.7 Å². The largest absolute Gasteiger partial charge is 0.347 e. The van der Waals surface area contributed by atoms with Crippen LogP contribution < -0.4 is 5.32 Å². The first-order valence-corrected chi connectivity index (χ1v) is 7.72. The molecule has 1 aromatic heterocycles. The zero-order valence-corrected chi connectivity index (χ0v) is 13.3. The fourth-order valence-corrected chi connectivity index (χ4v) is 2.50. The van der Waals surface area contributed by atoms with Crippen molar-refractivity contribution in [2.75, 3.05) is 0 Å². The van der Waals surface area contributed by atoms with Crippen molar-refractivity contribution in [2.45, 2.75) is 13.1 Å². The van der Waals surface area contributed by atoms with Crippen LogP contribution in [0.4, 0.5) is 0 Å². The number of aromatic amines is 1. The van der Waals surface area contributed by atoms with Crippen LogP contribution in [0.25, 0.3) is 11.3 Å². The number of rotatable bonds is 5. The summed E-state index contributed by atoms with van der Waals surface area (Å²) >= 11 is 11.9. The molecule has 112 valence electrons. The Morgan fingerprint density at radius 3 is 2.55 bits per heavy atom. The molecular formula is C17H15Cl2N3. The van der Waals surface area contributed by atoms with Gasteiger partial charge in [-0.25, -0.2) is 4.98 Å². The Morgan fingerprint density at radius 1 is 0.955 bits per heavy atom. The van der Waals surface area contributed by atoms with Crippen LogP contribution in [0, 0.1) is 0 Å². The van der Waals surface area contributed by atoms with Crippen LogP contribution in [0.1, 0.15) is 11.4 Å². The molecule has 0 aliphatic rings. The number of H-pyrrole nitrogens is 1. The predicted octanol–water partition coefficient (Wildman–Crippen LogP) is 4.67. The molecule has 3 aromatic rings. The highest BCUT2D eigenvalue weighted by atomic mass is 35.5. The minimum atomic E-state index is 0.573. The molecule has 0 amide bonds. The van der Waals surface area contributed by atoms with E-state index < -0.39 is 0 Å². The van der Waals surface area contributed by atoms with Crippen LogP contribution in [-0.4, -0.2) is 9.97 Å². The molecule has 3 rings (SSSR count). The molecule has 22 heavy (non-hydrogen) atoms. The Labute approximate surface area is 139 Å². The van der Waals surface area contributed by atoms with Gasteiger partial charge in [-0.05, 0) is 17.7 Å². The standard InChI is InChI=1S/C17H15Cl2N3/c18-14-7-6-12(8-15(14)19)9-20-11-17-21-10-16(22-17)13-4-2-1-3-5-13/h1-8,10,20H,9,11H2,(H,21,22). The first kappa shape index (κ1) is 15.1. The summed E-state index contributed by atoms with van der Waals surface area (Å²) in [5.74, 6) is 0.902. The quantitative estimate of drug-likeness (QED) is 0.713. The van der Waals surface area contributed by atoms with E-state index in [4.69, 9.17) is 23.2 Å². The lowest BCUT2D eigenvalue weighted by Crippen LogP contribution is -2.13. The lowest BCUT2D eigenvalue weighted by atomic mass is 10.2. The number of nitrogens with one attached hydrogen (secondary N) is 2. The van der Waals surface area contributed by atoms with Crippen molar-refractivity contribution in [3.05, 3.63) is 76.2 Å². The lowest BCUT2D eigenvalue weighted by molar-refractivity contribution is 0.669. The number of hydrogen-bond donors (Lipinski definition) is 2. The third kappa shape index (κ3) is 3.69. The van der Waals surface area contributed by atoms with Crippen molar-refractivity contribution in [2.24, 2.45) is 0 Å². The van der Waals surface area contributed by atoms with Gasteiger partial charge in [0.25, 0.3) is 0 Å². The molecule has 0 aliphatic carbocycles. The van der Waals surface area contributed by atoms with Gasteiger partial charge in [0.1, 0.15) is 5.82 Å². The van der Waals surface area contributed by atoms with E-state index in [1.54, 1.807) is 6.07 Å². The van der Waals surface area contributed by atoms with Gasteiger partial charge in [-0.1, -0.05) is 59.6 Å². The van der Waals surface area contributed by atoms with Gasteiger partial charge in [0.2, 0.25) is 0 Å². The molecule has 0 unspecified atom stereocenters. The number of benzene rings is 2. The Hall–Kier alpha value is -1.81. The summed E-state index contributed by atoms with van der Waals surface area (Å²) in [6.07, 6.45) is 1.92. The van der Waals surface area contributed by atoms with Crippen molar-refractivity contribution in [1.82, 2.24) is 15.3 Å². The van der Waals surface area contributed by atoms with Crippen LogP contribution >= 0.6 is 23.2 Å². The smallest absolute Gasteiger partial charge is 0.120 e.